The maximum Gasteiger partial charge on any atom is 0.340 e. The van der Waals surface area contributed by atoms with Gasteiger partial charge in [-0.25, -0.2) is 18.4 Å². The summed E-state index contributed by atoms with van der Waals surface area (Å²) in [5.74, 6) is -1.98. The van der Waals surface area contributed by atoms with Crippen molar-refractivity contribution in [2.45, 2.75) is 45.2 Å². The number of hydrogen-bond acceptors (Lipinski definition) is 4. The van der Waals surface area contributed by atoms with Gasteiger partial charge in [0, 0.05) is 22.7 Å². The van der Waals surface area contributed by atoms with Crippen molar-refractivity contribution in [1.29, 1.82) is 0 Å². The second kappa shape index (κ2) is 10.3. The summed E-state index contributed by atoms with van der Waals surface area (Å²) in [6, 6.07) is 12.5. The number of urea groups is 1. The molecule has 3 heterocycles. The highest BCUT2D eigenvalue weighted by Gasteiger charge is 2.36. The monoisotopic (exact) mass is 547 g/mol. The predicted molar refractivity (Wildman–Crippen MR) is 145 cm³/mol. The molecule has 9 heteroatoms. The minimum absolute atomic E-state index is 0.198. The fourth-order valence-corrected chi connectivity index (χ4v) is 7.04. The van der Waals surface area contributed by atoms with Crippen molar-refractivity contribution in [3.05, 3.63) is 105 Å². The molecule has 1 atom stereocenters. The van der Waals surface area contributed by atoms with Crippen molar-refractivity contribution in [3.63, 3.8) is 0 Å². The van der Waals surface area contributed by atoms with Gasteiger partial charge in [0.15, 0.2) is 0 Å². The second-order valence-corrected chi connectivity index (χ2v) is 10.8. The fourth-order valence-electron chi connectivity index (χ4n) is 5.64. The number of nitrogens with one attached hydrogen (secondary N) is 1. The Morgan fingerprint density at radius 1 is 1.03 bits per heavy atom. The SMILES string of the molecule is CCOC(=O)c1ccccc1NC(=O)N1Cc2c(sc3c2CCCC3)-n2cccc2[C@H]1c1cc(F)cc(F)c1. The van der Waals surface area contributed by atoms with Crippen LogP contribution in [0.4, 0.5) is 19.3 Å². The van der Waals surface area contributed by atoms with E-state index < -0.39 is 29.7 Å². The molecule has 0 bridgehead atoms. The van der Waals surface area contributed by atoms with Crippen LogP contribution in [0, 0.1) is 11.6 Å². The van der Waals surface area contributed by atoms with Crippen LogP contribution in [-0.2, 0) is 24.1 Å². The number of anilines is 1. The number of aryl methyl sites for hydroxylation is 1. The van der Waals surface area contributed by atoms with Gasteiger partial charge in [0.05, 0.1) is 30.1 Å². The molecular formula is C30H27F2N3O3S. The van der Waals surface area contributed by atoms with Crippen LogP contribution in [0.1, 0.15) is 63.4 Å². The third-order valence-corrected chi connectivity index (χ3v) is 8.64. The highest BCUT2D eigenvalue weighted by molar-refractivity contribution is 7.15. The molecule has 0 saturated heterocycles. The molecule has 2 aromatic carbocycles. The first kappa shape index (κ1) is 25.3. The normalized spacial score (nSPS) is 16.1. The van der Waals surface area contributed by atoms with Crippen molar-refractivity contribution in [2.75, 3.05) is 11.9 Å². The van der Waals surface area contributed by atoms with Gasteiger partial charge in [0.25, 0.3) is 0 Å². The van der Waals surface area contributed by atoms with Gasteiger partial charge >= 0.3 is 12.0 Å². The zero-order chi connectivity index (χ0) is 27.1. The summed E-state index contributed by atoms with van der Waals surface area (Å²) in [5, 5.41) is 3.93. The first-order valence-corrected chi connectivity index (χ1v) is 13.9. The molecule has 200 valence electrons. The lowest BCUT2D eigenvalue weighted by atomic mass is 9.95. The number of carbonyl (C=O) groups excluding carboxylic acids is 2. The van der Waals surface area contributed by atoms with Gasteiger partial charge in [-0.15, -0.1) is 11.3 Å². The molecule has 1 N–H and O–H groups in total. The van der Waals surface area contributed by atoms with E-state index in [-0.39, 0.29) is 18.7 Å². The van der Waals surface area contributed by atoms with Crippen LogP contribution >= 0.6 is 11.3 Å². The topological polar surface area (TPSA) is 63.6 Å². The van der Waals surface area contributed by atoms with Crippen molar-refractivity contribution in [2.24, 2.45) is 0 Å². The summed E-state index contributed by atoms with van der Waals surface area (Å²) < 4.78 is 36.2. The summed E-state index contributed by atoms with van der Waals surface area (Å²) >= 11 is 1.73. The van der Waals surface area contributed by atoms with Crippen molar-refractivity contribution in [1.82, 2.24) is 9.47 Å². The molecule has 2 amide bonds. The molecule has 0 unspecified atom stereocenters. The van der Waals surface area contributed by atoms with E-state index in [9.17, 15) is 18.4 Å². The number of halogens is 2. The van der Waals surface area contributed by atoms with E-state index in [4.69, 9.17) is 4.74 Å². The highest BCUT2D eigenvalue weighted by atomic mass is 32.1. The van der Waals surface area contributed by atoms with E-state index in [1.165, 1.54) is 22.6 Å². The average Bonchev–Trinajstić information content (AvgIpc) is 3.50. The number of thiophene rings is 1. The summed E-state index contributed by atoms with van der Waals surface area (Å²) in [6.45, 7) is 2.16. The van der Waals surface area contributed by atoms with Gasteiger partial charge in [0.2, 0.25) is 0 Å². The lowest BCUT2D eigenvalue weighted by Gasteiger charge is -2.31. The summed E-state index contributed by atoms with van der Waals surface area (Å²) in [4.78, 5) is 29.6. The number of nitrogens with zero attached hydrogens (tertiary/aromatic N) is 2. The van der Waals surface area contributed by atoms with Gasteiger partial charge in [-0.3, -0.25) is 0 Å². The lowest BCUT2D eigenvalue weighted by molar-refractivity contribution is 0.0527. The predicted octanol–water partition coefficient (Wildman–Crippen LogP) is 7.01. The number of carbonyl (C=O) groups is 2. The Balaban J connectivity index is 1.49. The fraction of sp³-hybridized carbons (Fsp3) is 0.267. The number of benzene rings is 2. The molecule has 2 aliphatic rings. The van der Waals surface area contributed by atoms with Crippen LogP contribution in [0.3, 0.4) is 0 Å². The second-order valence-electron chi connectivity index (χ2n) is 9.73. The number of aromatic nitrogens is 1. The van der Waals surface area contributed by atoms with Crippen LogP contribution in [0.2, 0.25) is 0 Å². The first-order valence-electron chi connectivity index (χ1n) is 13.1. The molecule has 2 aromatic heterocycles. The van der Waals surface area contributed by atoms with Crippen molar-refractivity contribution >= 4 is 29.0 Å². The Morgan fingerprint density at radius 2 is 1.79 bits per heavy atom. The zero-order valence-electron chi connectivity index (χ0n) is 21.4. The van der Waals surface area contributed by atoms with Gasteiger partial charge in [-0.2, -0.15) is 0 Å². The summed E-state index contributed by atoms with van der Waals surface area (Å²) in [5.41, 5.74) is 3.90. The highest BCUT2D eigenvalue weighted by Crippen LogP contribution is 2.44. The summed E-state index contributed by atoms with van der Waals surface area (Å²) in [6.07, 6.45) is 6.08. The Morgan fingerprint density at radius 3 is 2.59 bits per heavy atom. The molecule has 39 heavy (non-hydrogen) atoms. The van der Waals surface area contributed by atoms with Crippen LogP contribution in [0.15, 0.2) is 60.8 Å². The molecule has 6 nitrogen and oxygen atoms in total. The lowest BCUT2D eigenvalue weighted by Crippen LogP contribution is -2.38. The van der Waals surface area contributed by atoms with E-state index in [0.717, 1.165) is 48.0 Å². The van der Waals surface area contributed by atoms with E-state index in [1.54, 1.807) is 47.4 Å². The average molecular weight is 548 g/mol. The Labute approximate surface area is 228 Å². The number of hydrogen-bond donors (Lipinski definition) is 1. The Hall–Kier alpha value is -3.98. The quantitative estimate of drug-likeness (QED) is 0.280. The molecule has 1 aliphatic carbocycles. The molecule has 4 aromatic rings. The van der Waals surface area contributed by atoms with Crippen LogP contribution < -0.4 is 5.32 Å². The minimum Gasteiger partial charge on any atom is -0.462 e. The number of ether oxygens (including phenoxy) is 1. The van der Waals surface area contributed by atoms with Gasteiger partial charge in [-0.1, -0.05) is 12.1 Å². The maximum atomic E-state index is 14.5. The number of amides is 2. The van der Waals surface area contributed by atoms with Crippen molar-refractivity contribution in [3.8, 4) is 5.00 Å². The van der Waals surface area contributed by atoms with E-state index in [1.807, 2.05) is 22.9 Å². The third-order valence-electron chi connectivity index (χ3n) is 7.30. The van der Waals surface area contributed by atoms with Crippen LogP contribution in [0.5, 0.6) is 0 Å². The molecular weight excluding hydrogens is 520 g/mol. The molecule has 0 saturated carbocycles. The number of rotatable bonds is 4. The Bertz CT molecular complexity index is 1560. The van der Waals surface area contributed by atoms with Crippen LogP contribution in [0.25, 0.3) is 5.00 Å². The standard InChI is InChI=1S/C30H27F2N3O3S/c1-2-38-29(36)22-9-3-5-10-24(22)33-30(37)35-17-23-21-8-4-6-12-26(21)39-28(23)34-13-7-11-25(34)27(35)18-14-19(31)16-20(32)15-18/h3,5,7,9-11,13-16,27H,2,4,6,8,12,17H2,1H3,(H,33,37)/t27-/m1/s1. The number of fused-ring (bicyclic) bond motifs is 5. The molecule has 0 fully saturated rings. The van der Waals surface area contributed by atoms with Gasteiger partial charge < -0.3 is 19.5 Å². The first-order chi connectivity index (χ1) is 18.9. The van der Waals surface area contributed by atoms with Crippen LogP contribution in [-0.4, -0.2) is 28.1 Å². The largest absolute Gasteiger partial charge is 0.462 e. The molecule has 1 aliphatic heterocycles. The van der Waals surface area contributed by atoms with E-state index in [2.05, 4.69) is 5.32 Å². The molecule has 0 spiro atoms. The minimum atomic E-state index is -0.779. The number of esters is 1. The van der Waals surface area contributed by atoms with Crippen molar-refractivity contribution < 1.29 is 23.1 Å². The zero-order valence-corrected chi connectivity index (χ0v) is 22.2. The van der Waals surface area contributed by atoms with E-state index >= 15 is 0 Å². The molecule has 0 radical (unpaired) electrons. The number of para-hydroxylation sites is 1. The summed E-state index contributed by atoms with van der Waals surface area (Å²) in [7, 11) is 0. The maximum absolute atomic E-state index is 14.5. The Kier molecular flexibility index (Phi) is 6.68. The molecule has 6 rings (SSSR count). The van der Waals surface area contributed by atoms with E-state index in [0.29, 0.717) is 11.3 Å². The third kappa shape index (κ3) is 4.61. The van der Waals surface area contributed by atoms with Gasteiger partial charge in [-0.05, 0) is 80.1 Å². The van der Waals surface area contributed by atoms with Gasteiger partial charge in [0.1, 0.15) is 22.7 Å². The smallest absolute Gasteiger partial charge is 0.340 e.